The molecule has 1 unspecified atom stereocenters. The van der Waals surface area contributed by atoms with Gasteiger partial charge in [-0.2, -0.15) is 0 Å². The van der Waals surface area contributed by atoms with E-state index in [2.05, 4.69) is 50.3 Å². The maximum Gasteiger partial charge on any atom is 0.306 e. The van der Waals surface area contributed by atoms with Crippen LogP contribution < -0.4 is 0 Å². The Balaban J connectivity index is 3.89. The number of carbonyl (C=O) groups is 2. The van der Waals surface area contributed by atoms with Crippen LogP contribution in [-0.2, 0) is 14.3 Å². The molecule has 0 aliphatic rings. The van der Waals surface area contributed by atoms with Gasteiger partial charge in [0, 0.05) is 12.8 Å². The third-order valence-electron chi connectivity index (χ3n) is 8.38. The second kappa shape index (κ2) is 35.6. The lowest BCUT2D eigenvalue weighted by molar-refractivity contribution is -0.150. The molecular formula is C40H72O4. The van der Waals surface area contributed by atoms with E-state index in [9.17, 15) is 9.59 Å². The summed E-state index contributed by atoms with van der Waals surface area (Å²) in [6.45, 7) is 4.43. The van der Waals surface area contributed by atoms with Crippen molar-refractivity contribution in [2.45, 2.75) is 206 Å². The topological polar surface area (TPSA) is 63.6 Å². The Kier molecular flexibility index (Phi) is 34.1. The molecule has 0 bridgehead atoms. The average Bonchev–Trinajstić information content (AvgIpc) is 3.01. The molecule has 0 heterocycles. The predicted octanol–water partition coefficient (Wildman–Crippen LogP) is 13.0. The first-order chi connectivity index (χ1) is 21.6. The molecule has 256 valence electrons. The summed E-state index contributed by atoms with van der Waals surface area (Å²) in [5.74, 6) is -0.808. The first-order valence-electron chi connectivity index (χ1n) is 19.0. The molecule has 0 aliphatic carbocycles. The molecular weight excluding hydrogens is 544 g/mol. The zero-order valence-electron chi connectivity index (χ0n) is 29.2. The molecule has 0 radical (unpaired) electrons. The van der Waals surface area contributed by atoms with Crippen molar-refractivity contribution in [2.75, 3.05) is 0 Å². The Morgan fingerprint density at radius 2 is 0.955 bits per heavy atom. The van der Waals surface area contributed by atoms with Crippen LogP contribution in [0.1, 0.15) is 200 Å². The number of rotatable bonds is 34. The zero-order valence-corrected chi connectivity index (χ0v) is 29.2. The lowest BCUT2D eigenvalue weighted by Gasteiger charge is -2.18. The Bertz CT molecular complexity index is 708. The molecule has 0 aliphatic heterocycles. The van der Waals surface area contributed by atoms with Crippen molar-refractivity contribution in [1.82, 2.24) is 0 Å². The predicted molar refractivity (Wildman–Crippen MR) is 190 cm³/mol. The van der Waals surface area contributed by atoms with E-state index >= 15 is 0 Å². The molecule has 0 rings (SSSR count). The van der Waals surface area contributed by atoms with E-state index in [0.29, 0.717) is 12.8 Å². The Morgan fingerprint density at radius 1 is 0.523 bits per heavy atom. The van der Waals surface area contributed by atoms with E-state index in [1.54, 1.807) is 0 Å². The summed E-state index contributed by atoms with van der Waals surface area (Å²) >= 11 is 0. The van der Waals surface area contributed by atoms with Gasteiger partial charge in [-0.15, -0.1) is 0 Å². The monoisotopic (exact) mass is 617 g/mol. The van der Waals surface area contributed by atoms with Gasteiger partial charge in [-0.3, -0.25) is 9.59 Å². The maximum absolute atomic E-state index is 12.5. The SMILES string of the molecule is CC/C=C\C/C=C\C/C=C\CCCCCCCCCC(=O)OC(CCCCCCCCCCCCCC)CCCCC(=O)O. The Labute approximate surface area is 273 Å². The van der Waals surface area contributed by atoms with Gasteiger partial charge < -0.3 is 9.84 Å². The quantitative estimate of drug-likeness (QED) is 0.0444. The molecule has 1 N–H and O–H groups in total. The van der Waals surface area contributed by atoms with Crippen molar-refractivity contribution in [3.05, 3.63) is 36.5 Å². The van der Waals surface area contributed by atoms with Crippen molar-refractivity contribution < 1.29 is 19.4 Å². The molecule has 1 atom stereocenters. The number of allylic oxidation sites excluding steroid dienone is 6. The van der Waals surface area contributed by atoms with Crippen LogP contribution in [0, 0.1) is 0 Å². The first kappa shape index (κ1) is 42.2. The molecule has 0 aromatic heterocycles. The minimum atomic E-state index is -0.744. The van der Waals surface area contributed by atoms with E-state index in [4.69, 9.17) is 9.84 Å². The molecule has 0 saturated heterocycles. The van der Waals surface area contributed by atoms with Crippen LogP contribution in [0.2, 0.25) is 0 Å². The van der Waals surface area contributed by atoms with Crippen LogP contribution in [0.15, 0.2) is 36.5 Å². The fourth-order valence-electron chi connectivity index (χ4n) is 5.61. The highest BCUT2D eigenvalue weighted by Gasteiger charge is 2.14. The largest absolute Gasteiger partial charge is 0.481 e. The zero-order chi connectivity index (χ0) is 32.2. The molecule has 0 aromatic carbocycles. The fraction of sp³-hybridized carbons (Fsp3) is 0.800. The molecule has 4 heteroatoms. The maximum atomic E-state index is 12.5. The summed E-state index contributed by atoms with van der Waals surface area (Å²) in [5.41, 5.74) is 0. The van der Waals surface area contributed by atoms with Crippen molar-refractivity contribution in [1.29, 1.82) is 0 Å². The molecule has 0 fully saturated rings. The summed E-state index contributed by atoms with van der Waals surface area (Å²) in [4.78, 5) is 23.4. The number of esters is 1. The smallest absolute Gasteiger partial charge is 0.306 e. The summed E-state index contributed by atoms with van der Waals surface area (Å²) in [6.07, 6.45) is 45.8. The molecule has 0 amide bonds. The van der Waals surface area contributed by atoms with Crippen molar-refractivity contribution in [3.8, 4) is 0 Å². The van der Waals surface area contributed by atoms with Gasteiger partial charge in [0.2, 0.25) is 0 Å². The molecule has 4 nitrogen and oxygen atoms in total. The van der Waals surface area contributed by atoms with E-state index in [1.807, 2.05) is 0 Å². The van der Waals surface area contributed by atoms with Crippen LogP contribution in [0.5, 0.6) is 0 Å². The van der Waals surface area contributed by atoms with E-state index in [-0.39, 0.29) is 18.5 Å². The highest BCUT2D eigenvalue weighted by Crippen LogP contribution is 2.18. The van der Waals surface area contributed by atoms with Crippen LogP contribution in [0.3, 0.4) is 0 Å². The summed E-state index contributed by atoms with van der Waals surface area (Å²) < 4.78 is 5.89. The van der Waals surface area contributed by atoms with Gasteiger partial charge >= 0.3 is 11.9 Å². The van der Waals surface area contributed by atoms with E-state index in [1.165, 1.54) is 109 Å². The molecule has 0 spiro atoms. The van der Waals surface area contributed by atoms with Crippen LogP contribution in [0.25, 0.3) is 0 Å². The normalized spacial score (nSPS) is 12.6. The highest BCUT2D eigenvalue weighted by atomic mass is 16.5. The number of unbranched alkanes of at least 4 members (excludes halogenated alkanes) is 19. The van der Waals surface area contributed by atoms with Gasteiger partial charge in [-0.25, -0.2) is 0 Å². The second-order valence-electron chi connectivity index (χ2n) is 12.7. The molecule has 44 heavy (non-hydrogen) atoms. The number of ether oxygens (including phenoxy) is 1. The summed E-state index contributed by atoms with van der Waals surface area (Å²) in [7, 11) is 0. The lowest BCUT2D eigenvalue weighted by Crippen LogP contribution is -2.18. The third kappa shape index (κ3) is 34.6. The Morgan fingerprint density at radius 3 is 1.50 bits per heavy atom. The number of carboxylic acids is 1. The highest BCUT2D eigenvalue weighted by molar-refractivity contribution is 5.69. The van der Waals surface area contributed by atoms with Gasteiger partial charge in [0.05, 0.1) is 0 Å². The van der Waals surface area contributed by atoms with Crippen molar-refractivity contribution in [3.63, 3.8) is 0 Å². The van der Waals surface area contributed by atoms with Crippen LogP contribution >= 0.6 is 0 Å². The van der Waals surface area contributed by atoms with Crippen molar-refractivity contribution >= 4 is 11.9 Å². The van der Waals surface area contributed by atoms with Crippen molar-refractivity contribution in [2.24, 2.45) is 0 Å². The van der Waals surface area contributed by atoms with Crippen LogP contribution in [-0.4, -0.2) is 23.1 Å². The first-order valence-corrected chi connectivity index (χ1v) is 19.0. The van der Waals surface area contributed by atoms with Gasteiger partial charge in [-0.05, 0) is 70.6 Å². The molecule has 0 aromatic rings. The van der Waals surface area contributed by atoms with E-state index in [0.717, 1.165) is 57.8 Å². The van der Waals surface area contributed by atoms with Gasteiger partial charge in [0.15, 0.2) is 0 Å². The standard InChI is InChI=1S/C40H72O4/c1-3-5-7-9-11-13-15-17-18-19-20-21-23-25-27-29-31-37-40(43)44-38(35-32-33-36-39(41)42)34-30-28-26-24-22-16-14-12-10-8-6-4-2/h5,7,11,13,17-18,38H,3-4,6,8-10,12,14-16,19-37H2,1-2H3,(H,41,42)/b7-5-,13-11-,18-17-. The van der Waals surface area contributed by atoms with Gasteiger partial charge in [0.25, 0.3) is 0 Å². The average molecular weight is 617 g/mol. The number of carboxylic acid groups (broad SMARTS) is 1. The minimum absolute atomic E-state index is 0.0487. The number of carbonyl (C=O) groups excluding carboxylic acids is 1. The molecule has 0 saturated carbocycles. The van der Waals surface area contributed by atoms with Gasteiger partial charge in [0.1, 0.15) is 6.10 Å². The van der Waals surface area contributed by atoms with Gasteiger partial charge in [-0.1, -0.05) is 153 Å². The summed E-state index contributed by atoms with van der Waals surface area (Å²) in [6, 6.07) is 0. The van der Waals surface area contributed by atoms with E-state index < -0.39 is 5.97 Å². The lowest BCUT2D eigenvalue weighted by atomic mass is 10.0. The fourth-order valence-corrected chi connectivity index (χ4v) is 5.61. The number of hydrogen-bond donors (Lipinski definition) is 1. The second-order valence-corrected chi connectivity index (χ2v) is 12.7. The third-order valence-corrected chi connectivity index (χ3v) is 8.38. The number of aliphatic carboxylic acids is 1. The Hall–Kier alpha value is -1.84. The number of hydrogen-bond acceptors (Lipinski definition) is 3. The van der Waals surface area contributed by atoms with Crippen LogP contribution in [0.4, 0.5) is 0 Å². The minimum Gasteiger partial charge on any atom is -0.481 e. The summed E-state index contributed by atoms with van der Waals surface area (Å²) in [5, 5.41) is 8.93.